The zero-order valence-corrected chi connectivity index (χ0v) is 15.1. The number of rotatable bonds is 3. The van der Waals surface area contributed by atoms with Crippen LogP contribution in [0.25, 0.3) is 20.9 Å². The topological polar surface area (TPSA) is 9.23 Å². The third-order valence-electron chi connectivity index (χ3n) is 4.88. The van der Waals surface area contributed by atoms with Crippen LogP contribution >= 0.6 is 11.3 Å². The fraction of sp³-hybridized carbons (Fsp3) is 0.0833. The number of ether oxygens (including phenoxy) is 1. The maximum absolute atomic E-state index is 6.10. The minimum Gasteiger partial charge on any atom is -0.485 e. The van der Waals surface area contributed by atoms with Crippen molar-refractivity contribution in [3.8, 4) is 26.6 Å². The first-order chi connectivity index (χ1) is 12.9. The van der Waals surface area contributed by atoms with Crippen molar-refractivity contribution < 1.29 is 4.74 Å². The van der Waals surface area contributed by atoms with E-state index in [1.807, 2.05) is 17.4 Å². The smallest absolute Gasteiger partial charge is 0.128 e. The third kappa shape index (κ3) is 2.83. The fourth-order valence-electron chi connectivity index (χ4n) is 3.48. The number of fused-ring (bicyclic) bond motifs is 1. The Bertz CT molecular complexity index is 1010. The lowest BCUT2D eigenvalue weighted by Crippen LogP contribution is -2.02. The number of hydrogen-bond donors (Lipinski definition) is 0. The molecule has 0 bridgehead atoms. The molecule has 0 saturated carbocycles. The highest BCUT2D eigenvalue weighted by atomic mass is 32.1. The summed E-state index contributed by atoms with van der Waals surface area (Å²) in [4.78, 5) is 2.60. The lowest BCUT2D eigenvalue weighted by atomic mass is 10.0. The van der Waals surface area contributed by atoms with Crippen LogP contribution in [0.3, 0.4) is 0 Å². The van der Waals surface area contributed by atoms with Crippen LogP contribution in [0, 0.1) is 0 Å². The molecule has 0 aliphatic carbocycles. The molecule has 3 aromatic carbocycles. The van der Waals surface area contributed by atoms with Crippen molar-refractivity contribution in [1.29, 1.82) is 0 Å². The highest BCUT2D eigenvalue weighted by Crippen LogP contribution is 2.38. The fourth-order valence-corrected chi connectivity index (χ4v) is 4.50. The van der Waals surface area contributed by atoms with Gasteiger partial charge in [0, 0.05) is 16.2 Å². The molecule has 26 heavy (non-hydrogen) atoms. The van der Waals surface area contributed by atoms with Crippen LogP contribution in [-0.4, -0.2) is 0 Å². The van der Waals surface area contributed by atoms with E-state index in [4.69, 9.17) is 4.74 Å². The average Bonchev–Trinajstić information content (AvgIpc) is 3.36. The van der Waals surface area contributed by atoms with Gasteiger partial charge in [0.15, 0.2) is 0 Å². The van der Waals surface area contributed by atoms with Crippen molar-refractivity contribution in [2.75, 3.05) is 0 Å². The van der Waals surface area contributed by atoms with Gasteiger partial charge in [-0.1, -0.05) is 72.8 Å². The molecule has 1 atom stereocenters. The summed E-state index contributed by atoms with van der Waals surface area (Å²) >= 11 is 1.84. The van der Waals surface area contributed by atoms with Crippen molar-refractivity contribution in [2.45, 2.75) is 12.5 Å². The largest absolute Gasteiger partial charge is 0.485 e. The normalized spacial score (nSPS) is 15.5. The Morgan fingerprint density at radius 1 is 0.654 bits per heavy atom. The van der Waals surface area contributed by atoms with Crippen molar-refractivity contribution in [2.24, 2.45) is 0 Å². The van der Waals surface area contributed by atoms with Crippen LogP contribution in [0.5, 0.6) is 5.75 Å². The molecule has 1 unspecified atom stereocenters. The molecule has 0 saturated heterocycles. The molecule has 0 fully saturated rings. The van der Waals surface area contributed by atoms with Crippen molar-refractivity contribution >= 4 is 11.3 Å². The highest BCUT2D eigenvalue weighted by Gasteiger charge is 2.23. The van der Waals surface area contributed by atoms with E-state index in [1.165, 1.54) is 32.0 Å². The van der Waals surface area contributed by atoms with Gasteiger partial charge < -0.3 is 4.74 Å². The molecule has 2 heterocycles. The van der Waals surface area contributed by atoms with Crippen LogP contribution in [0.2, 0.25) is 0 Å². The molecule has 5 rings (SSSR count). The number of benzene rings is 3. The van der Waals surface area contributed by atoms with E-state index in [0.717, 1.165) is 12.2 Å². The summed E-state index contributed by atoms with van der Waals surface area (Å²) in [5.41, 5.74) is 5.08. The molecule has 0 amide bonds. The van der Waals surface area contributed by atoms with Gasteiger partial charge in [-0.3, -0.25) is 0 Å². The summed E-state index contributed by atoms with van der Waals surface area (Å²) in [5, 5.41) is 0. The number of para-hydroxylation sites is 1. The molecule has 1 nitrogen and oxygen atoms in total. The summed E-state index contributed by atoms with van der Waals surface area (Å²) in [7, 11) is 0. The molecule has 1 aromatic heterocycles. The van der Waals surface area contributed by atoms with Crippen molar-refractivity contribution in [3.63, 3.8) is 0 Å². The lowest BCUT2D eigenvalue weighted by Gasteiger charge is -2.11. The Hall–Kier alpha value is -2.84. The molecular formula is C24H18OS. The average molecular weight is 354 g/mol. The maximum atomic E-state index is 6.10. The van der Waals surface area contributed by atoms with E-state index < -0.39 is 0 Å². The third-order valence-corrected chi connectivity index (χ3v) is 6.06. The van der Waals surface area contributed by atoms with E-state index >= 15 is 0 Å². The molecule has 0 N–H and O–H groups in total. The second-order valence-corrected chi connectivity index (χ2v) is 7.65. The van der Waals surface area contributed by atoms with Crippen LogP contribution < -0.4 is 4.74 Å². The zero-order chi connectivity index (χ0) is 17.3. The SMILES string of the molecule is c1ccc(-c2ccc(-c3ccc(C4Cc5ccccc5O4)cc3)s2)cc1. The van der Waals surface area contributed by atoms with Gasteiger partial charge in [0.2, 0.25) is 0 Å². The van der Waals surface area contributed by atoms with E-state index in [1.54, 1.807) is 0 Å². The molecule has 126 valence electrons. The highest BCUT2D eigenvalue weighted by molar-refractivity contribution is 7.18. The van der Waals surface area contributed by atoms with Gasteiger partial charge >= 0.3 is 0 Å². The zero-order valence-electron chi connectivity index (χ0n) is 14.3. The van der Waals surface area contributed by atoms with Crippen LogP contribution in [0.1, 0.15) is 17.2 Å². The molecular weight excluding hydrogens is 336 g/mol. The Morgan fingerprint density at radius 2 is 1.31 bits per heavy atom. The van der Waals surface area contributed by atoms with Gasteiger partial charge in [-0.2, -0.15) is 0 Å². The molecule has 1 aliphatic rings. The predicted molar refractivity (Wildman–Crippen MR) is 109 cm³/mol. The summed E-state index contributed by atoms with van der Waals surface area (Å²) in [5.74, 6) is 1.02. The van der Waals surface area contributed by atoms with E-state index in [9.17, 15) is 0 Å². The van der Waals surface area contributed by atoms with E-state index in [0.29, 0.717) is 0 Å². The Balaban J connectivity index is 1.37. The molecule has 2 heteroatoms. The Labute approximate surface area is 157 Å². The van der Waals surface area contributed by atoms with E-state index in [-0.39, 0.29) is 6.10 Å². The van der Waals surface area contributed by atoms with Gasteiger partial charge in [-0.05, 0) is 40.5 Å². The molecule has 0 spiro atoms. The molecule has 4 aromatic rings. The monoisotopic (exact) mass is 354 g/mol. The van der Waals surface area contributed by atoms with Crippen LogP contribution in [-0.2, 0) is 6.42 Å². The molecule has 0 radical (unpaired) electrons. The van der Waals surface area contributed by atoms with Gasteiger partial charge in [0.05, 0.1) is 0 Å². The first-order valence-electron chi connectivity index (χ1n) is 8.87. The Morgan fingerprint density at radius 3 is 2.04 bits per heavy atom. The summed E-state index contributed by atoms with van der Waals surface area (Å²) in [6.45, 7) is 0. The maximum Gasteiger partial charge on any atom is 0.128 e. The van der Waals surface area contributed by atoms with Gasteiger partial charge in [0.25, 0.3) is 0 Å². The van der Waals surface area contributed by atoms with Gasteiger partial charge in [-0.25, -0.2) is 0 Å². The first kappa shape index (κ1) is 15.4. The standard InChI is InChI=1S/C24H18OS/c1-2-6-18(7-3-1)23-14-15-24(26-23)19-12-10-17(11-13-19)22-16-20-8-4-5-9-21(20)25-22/h1-15,22H,16H2. The quantitative estimate of drug-likeness (QED) is 0.395. The van der Waals surface area contributed by atoms with Crippen LogP contribution in [0.15, 0.2) is 91.0 Å². The van der Waals surface area contributed by atoms with Gasteiger partial charge in [-0.15, -0.1) is 11.3 Å². The minimum atomic E-state index is 0.129. The first-order valence-corrected chi connectivity index (χ1v) is 9.69. The second-order valence-electron chi connectivity index (χ2n) is 6.57. The van der Waals surface area contributed by atoms with E-state index in [2.05, 4.69) is 84.9 Å². The number of hydrogen-bond acceptors (Lipinski definition) is 2. The second kappa shape index (κ2) is 6.47. The molecule has 1 aliphatic heterocycles. The van der Waals surface area contributed by atoms with Gasteiger partial charge in [0.1, 0.15) is 11.9 Å². The summed E-state index contributed by atoms with van der Waals surface area (Å²) in [6.07, 6.45) is 1.08. The lowest BCUT2D eigenvalue weighted by molar-refractivity contribution is 0.239. The minimum absolute atomic E-state index is 0.129. The van der Waals surface area contributed by atoms with Crippen LogP contribution in [0.4, 0.5) is 0 Å². The summed E-state index contributed by atoms with van der Waals surface area (Å²) in [6, 6.07) is 32.1. The van der Waals surface area contributed by atoms with Crippen molar-refractivity contribution in [1.82, 2.24) is 0 Å². The predicted octanol–water partition coefficient (Wildman–Crippen LogP) is 6.76. The Kier molecular flexibility index (Phi) is 3.84. The number of thiophene rings is 1. The summed E-state index contributed by atoms with van der Waals surface area (Å²) < 4.78 is 6.10. The van der Waals surface area contributed by atoms with Crippen molar-refractivity contribution in [3.05, 3.63) is 102 Å².